The van der Waals surface area contributed by atoms with Gasteiger partial charge in [-0.3, -0.25) is 4.90 Å². The summed E-state index contributed by atoms with van der Waals surface area (Å²) in [4.78, 5) is 7.15. The number of allylic oxidation sites excluding steroid dienone is 5. The number of hydrogen-bond acceptors (Lipinski definition) is 7. The highest BCUT2D eigenvalue weighted by Gasteiger charge is 2.30. The van der Waals surface area contributed by atoms with E-state index >= 15 is 0 Å². The van der Waals surface area contributed by atoms with Crippen molar-refractivity contribution in [3.63, 3.8) is 0 Å². The molecule has 2 aliphatic rings. The summed E-state index contributed by atoms with van der Waals surface area (Å²) in [5, 5.41) is 6.72. The zero-order valence-corrected chi connectivity index (χ0v) is 21.6. The largest absolute Gasteiger partial charge is 0.416 e. The molecule has 3 atom stereocenters. The molecule has 0 aromatic heterocycles. The molecule has 0 aliphatic carbocycles. The van der Waals surface area contributed by atoms with Gasteiger partial charge < -0.3 is 26.8 Å². The van der Waals surface area contributed by atoms with Gasteiger partial charge in [0.25, 0.3) is 0 Å². The predicted molar refractivity (Wildman–Crippen MR) is 143 cm³/mol. The van der Waals surface area contributed by atoms with Gasteiger partial charge in [0.05, 0.1) is 17.8 Å². The zero-order valence-electron chi connectivity index (χ0n) is 21.6. The normalized spacial score (nSPS) is 25.3. The van der Waals surface area contributed by atoms with Gasteiger partial charge in [0.1, 0.15) is 12.0 Å². The SMILES string of the molecule is C/C(=C/C=C\N)CC(=C/N)/C=C1\CC(Nc2ccc(C(F)(F)F)cc2)=NC(CN2C[C@@H](C)O[C@@H](C)C2)N1. The predicted octanol–water partition coefficient (Wildman–Crippen LogP) is 4.48. The second-order valence-electron chi connectivity index (χ2n) is 9.57. The number of nitrogens with two attached hydrogens (primary N) is 2. The first kappa shape index (κ1) is 28.3. The van der Waals surface area contributed by atoms with Crippen molar-refractivity contribution in [3.8, 4) is 0 Å². The van der Waals surface area contributed by atoms with Gasteiger partial charge in [0, 0.05) is 37.4 Å². The molecule has 0 amide bonds. The Labute approximate surface area is 216 Å². The molecule has 3 rings (SSSR count). The molecule has 0 radical (unpaired) electrons. The fraction of sp³-hybridized carbons (Fsp3) is 0.444. The lowest BCUT2D eigenvalue weighted by Gasteiger charge is -2.37. The summed E-state index contributed by atoms with van der Waals surface area (Å²) >= 11 is 0. The fourth-order valence-electron chi connectivity index (χ4n) is 4.54. The molecule has 1 fully saturated rings. The van der Waals surface area contributed by atoms with Crippen molar-refractivity contribution in [2.75, 3.05) is 25.0 Å². The Morgan fingerprint density at radius 2 is 1.86 bits per heavy atom. The second kappa shape index (κ2) is 12.8. The minimum Gasteiger partial charge on any atom is -0.405 e. The molecule has 2 heterocycles. The number of ether oxygens (including phenoxy) is 1. The number of anilines is 1. The third-order valence-corrected chi connectivity index (χ3v) is 6.00. The highest BCUT2D eigenvalue weighted by molar-refractivity contribution is 5.97. The number of hydrogen-bond donors (Lipinski definition) is 4. The Hall–Kier alpha value is -3.24. The van der Waals surface area contributed by atoms with E-state index in [-0.39, 0.29) is 18.4 Å². The number of nitrogens with zero attached hydrogens (tertiary/aromatic N) is 2. The molecule has 1 aromatic carbocycles. The van der Waals surface area contributed by atoms with Gasteiger partial charge in [-0.05, 0) is 81.6 Å². The third kappa shape index (κ3) is 8.98. The standard InChI is InChI=1S/C27H37F3N6O/c1-18(5-4-10-31)11-21(14-32)12-24-13-25(33-23-8-6-22(7-9-23)27(28,29)30)35-26(34-24)17-36-15-19(2)37-20(3)16-36/h4-10,12,14,19-20,26,34H,11,13,15-17,31-32H2,1-3H3,(H,33,35)/b10-4-,18-5-,21-14-,24-12+/t19-,20+,26?. The Kier molecular flexibility index (Phi) is 9.82. The van der Waals surface area contributed by atoms with Crippen molar-refractivity contribution in [3.05, 3.63) is 77.3 Å². The van der Waals surface area contributed by atoms with E-state index < -0.39 is 11.7 Å². The molecule has 7 nitrogen and oxygen atoms in total. The Balaban J connectivity index is 1.81. The van der Waals surface area contributed by atoms with Crippen LogP contribution in [0, 0.1) is 0 Å². The molecule has 202 valence electrons. The van der Waals surface area contributed by atoms with Gasteiger partial charge in [-0.25, -0.2) is 4.99 Å². The van der Waals surface area contributed by atoms with Crippen LogP contribution in [-0.4, -0.2) is 48.7 Å². The highest BCUT2D eigenvalue weighted by Crippen LogP contribution is 2.30. The lowest BCUT2D eigenvalue weighted by Crippen LogP contribution is -2.51. The van der Waals surface area contributed by atoms with E-state index in [0.717, 1.165) is 42.1 Å². The van der Waals surface area contributed by atoms with Gasteiger partial charge >= 0.3 is 6.18 Å². The van der Waals surface area contributed by atoms with Crippen molar-refractivity contribution in [1.29, 1.82) is 0 Å². The van der Waals surface area contributed by atoms with Crippen molar-refractivity contribution in [1.82, 2.24) is 10.2 Å². The molecule has 1 aromatic rings. The number of morpholine rings is 1. The Morgan fingerprint density at radius 1 is 1.19 bits per heavy atom. The molecule has 2 aliphatic heterocycles. The molecule has 0 bridgehead atoms. The van der Waals surface area contributed by atoms with Crippen LogP contribution >= 0.6 is 0 Å². The van der Waals surface area contributed by atoms with Gasteiger partial charge in [0.2, 0.25) is 0 Å². The van der Waals surface area contributed by atoms with Crippen LogP contribution in [0.2, 0.25) is 0 Å². The molecule has 0 spiro atoms. The molecule has 10 heteroatoms. The van der Waals surface area contributed by atoms with Crippen LogP contribution in [0.25, 0.3) is 0 Å². The zero-order chi connectivity index (χ0) is 27.0. The maximum atomic E-state index is 13.0. The second-order valence-corrected chi connectivity index (χ2v) is 9.57. The van der Waals surface area contributed by atoms with Crippen LogP contribution in [0.3, 0.4) is 0 Å². The summed E-state index contributed by atoms with van der Waals surface area (Å²) in [5.41, 5.74) is 14.1. The number of amidine groups is 1. The van der Waals surface area contributed by atoms with Crippen molar-refractivity contribution < 1.29 is 17.9 Å². The molecule has 0 saturated carbocycles. The van der Waals surface area contributed by atoms with E-state index in [1.54, 1.807) is 12.3 Å². The van der Waals surface area contributed by atoms with Crippen LogP contribution in [-0.2, 0) is 10.9 Å². The van der Waals surface area contributed by atoms with Gasteiger partial charge in [-0.2, -0.15) is 13.2 Å². The first-order chi connectivity index (χ1) is 17.5. The van der Waals surface area contributed by atoms with Crippen molar-refractivity contribution >= 4 is 11.5 Å². The summed E-state index contributed by atoms with van der Waals surface area (Å²) in [7, 11) is 0. The number of rotatable bonds is 7. The quantitative estimate of drug-likeness (QED) is 0.397. The molecular weight excluding hydrogens is 481 g/mol. The summed E-state index contributed by atoms with van der Waals surface area (Å²) in [6.45, 7) is 8.36. The monoisotopic (exact) mass is 518 g/mol. The first-order valence-corrected chi connectivity index (χ1v) is 12.4. The van der Waals surface area contributed by atoms with Gasteiger partial charge in [-0.1, -0.05) is 11.6 Å². The maximum Gasteiger partial charge on any atom is 0.416 e. The average Bonchev–Trinajstić information content (AvgIpc) is 2.81. The summed E-state index contributed by atoms with van der Waals surface area (Å²) in [5.74, 6) is 0.666. The number of nitrogens with one attached hydrogen (secondary N) is 2. The Morgan fingerprint density at radius 3 is 2.46 bits per heavy atom. The molecule has 37 heavy (non-hydrogen) atoms. The van der Waals surface area contributed by atoms with E-state index in [9.17, 15) is 13.2 Å². The maximum absolute atomic E-state index is 13.0. The molecule has 1 unspecified atom stereocenters. The van der Waals surface area contributed by atoms with Crippen molar-refractivity contribution in [2.45, 2.75) is 58.2 Å². The highest BCUT2D eigenvalue weighted by atomic mass is 19.4. The number of halogens is 3. The minimum atomic E-state index is -4.38. The van der Waals surface area contributed by atoms with Crippen LogP contribution in [0.1, 0.15) is 39.2 Å². The smallest absolute Gasteiger partial charge is 0.405 e. The van der Waals surface area contributed by atoms with Crippen LogP contribution < -0.4 is 22.1 Å². The van der Waals surface area contributed by atoms with E-state index in [1.165, 1.54) is 18.3 Å². The Bertz CT molecular complexity index is 1050. The molecule has 6 N–H and O–H groups in total. The summed E-state index contributed by atoms with van der Waals surface area (Å²) in [6.07, 6.45) is 5.49. The molecule has 1 saturated heterocycles. The third-order valence-electron chi connectivity index (χ3n) is 6.00. The lowest BCUT2D eigenvalue weighted by molar-refractivity contribution is -0.137. The van der Waals surface area contributed by atoms with E-state index in [4.69, 9.17) is 21.2 Å². The van der Waals surface area contributed by atoms with Crippen LogP contribution in [0.5, 0.6) is 0 Å². The topological polar surface area (TPSA) is 101 Å². The number of benzene rings is 1. The summed E-state index contributed by atoms with van der Waals surface area (Å²) < 4.78 is 44.8. The lowest BCUT2D eigenvalue weighted by atomic mass is 10.0. The van der Waals surface area contributed by atoms with Crippen molar-refractivity contribution in [2.24, 2.45) is 16.5 Å². The fourth-order valence-corrected chi connectivity index (χ4v) is 4.54. The van der Waals surface area contributed by atoms with E-state index in [1.807, 2.05) is 19.1 Å². The van der Waals surface area contributed by atoms with Gasteiger partial charge in [-0.15, -0.1) is 0 Å². The summed E-state index contributed by atoms with van der Waals surface area (Å²) in [6, 6.07) is 4.96. The first-order valence-electron chi connectivity index (χ1n) is 12.4. The number of aliphatic imine (C=N–C) groups is 1. The van der Waals surface area contributed by atoms with Gasteiger partial charge in [0.15, 0.2) is 0 Å². The van der Waals surface area contributed by atoms with Crippen LogP contribution in [0.4, 0.5) is 18.9 Å². The number of alkyl halides is 3. The minimum absolute atomic E-state index is 0.125. The molecular formula is C27H37F3N6O. The van der Waals surface area contributed by atoms with E-state index in [0.29, 0.717) is 30.9 Å². The van der Waals surface area contributed by atoms with E-state index in [2.05, 4.69) is 29.4 Å². The average molecular weight is 519 g/mol. The van der Waals surface area contributed by atoms with Crippen LogP contribution in [0.15, 0.2) is 76.7 Å².